The van der Waals surface area contributed by atoms with Gasteiger partial charge in [0.25, 0.3) is 0 Å². The van der Waals surface area contributed by atoms with Gasteiger partial charge in [-0.3, -0.25) is 4.90 Å². The average molecular weight is 363 g/mol. The van der Waals surface area contributed by atoms with E-state index in [1.807, 2.05) is 11.9 Å². The molecule has 0 saturated carbocycles. The van der Waals surface area contributed by atoms with Crippen LogP contribution in [-0.4, -0.2) is 23.6 Å². The number of aliphatic hydroxyl groups excluding tert-OH is 1. The Hall–Kier alpha value is -2.49. The molecule has 0 radical (unpaired) electrons. The lowest BCUT2D eigenvalue weighted by atomic mass is 9.97. The number of rotatable bonds is 6. The van der Waals surface area contributed by atoms with Gasteiger partial charge < -0.3 is 5.11 Å². The topological polar surface area (TPSA) is 23.5 Å². The molecule has 0 spiro atoms. The van der Waals surface area contributed by atoms with Crippen molar-refractivity contribution in [2.75, 3.05) is 13.6 Å². The van der Waals surface area contributed by atoms with Gasteiger partial charge >= 0.3 is 0 Å². The minimum atomic E-state index is -0.842. The second-order valence-corrected chi connectivity index (χ2v) is 7.25. The molecule has 0 bridgehead atoms. The first-order chi connectivity index (χ1) is 12.9. The van der Waals surface area contributed by atoms with Gasteiger partial charge in [-0.15, -0.1) is 0 Å². The first-order valence-corrected chi connectivity index (χ1v) is 9.21. The van der Waals surface area contributed by atoms with Crippen LogP contribution >= 0.6 is 0 Å². The van der Waals surface area contributed by atoms with Gasteiger partial charge in [0, 0.05) is 18.7 Å². The van der Waals surface area contributed by atoms with E-state index in [2.05, 4.69) is 56.3 Å². The third-order valence-corrected chi connectivity index (χ3v) is 4.86. The van der Waals surface area contributed by atoms with Crippen LogP contribution in [0.25, 0.3) is 11.1 Å². The van der Waals surface area contributed by atoms with Crippen LogP contribution in [-0.2, 0) is 6.54 Å². The van der Waals surface area contributed by atoms with Crippen LogP contribution in [0, 0.1) is 19.7 Å². The third-order valence-electron chi connectivity index (χ3n) is 4.86. The Labute approximate surface area is 160 Å². The number of hydrogen-bond acceptors (Lipinski definition) is 2. The lowest BCUT2D eigenvalue weighted by molar-refractivity contribution is 0.120. The van der Waals surface area contributed by atoms with E-state index in [1.165, 1.54) is 28.3 Å². The third kappa shape index (κ3) is 4.82. The summed E-state index contributed by atoms with van der Waals surface area (Å²) in [6, 6.07) is 21.4. The maximum Gasteiger partial charge on any atom is 0.129 e. The molecular formula is C24H26FNO. The molecule has 140 valence electrons. The first kappa shape index (κ1) is 19.3. The van der Waals surface area contributed by atoms with Crippen LogP contribution in [0.15, 0.2) is 66.7 Å². The molecule has 0 aliphatic heterocycles. The fourth-order valence-corrected chi connectivity index (χ4v) is 3.35. The van der Waals surface area contributed by atoms with Crippen molar-refractivity contribution in [3.63, 3.8) is 0 Å². The number of halogens is 1. The van der Waals surface area contributed by atoms with Crippen molar-refractivity contribution in [1.29, 1.82) is 0 Å². The van der Waals surface area contributed by atoms with E-state index in [0.29, 0.717) is 18.7 Å². The summed E-state index contributed by atoms with van der Waals surface area (Å²) in [5.74, 6) is -0.365. The maximum atomic E-state index is 13.8. The molecular weight excluding hydrogens is 337 g/mol. The number of benzene rings is 3. The van der Waals surface area contributed by atoms with Gasteiger partial charge in [-0.25, -0.2) is 4.39 Å². The van der Waals surface area contributed by atoms with Gasteiger partial charge in [-0.2, -0.15) is 0 Å². The molecule has 3 aromatic carbocycles. The maximum absolute atomic E-state index is 13.8. The molecule has 0 saturated heterocycles. The van der Waals surface area contributed by atoms with Crippen molar-refractivity contribution in [2.45, 2.75) is 26.5 Å². The summed E-state index contributed by atoms with van der Waals surface area (Å²) < 4.78 is 13.8. The molecule has 0 aromatic heterocycles. The van der Waals surface area contributed by atoms with E-state index >= 15 is 0 Å². The summed E-state index contributed by atoms with van der Waals surface area (Å²) in [6.07, 6.45) is -0.842. The highest BCUT2D eigenvalue weighted by Crippen LogP contribution is 2.25. The quantitative estimate of drug-likeness (QED) is 0.644. The zero-order valence-corrected chi connectivity index (χ0v) is 16.1. The first-order valence-electron chi connectivity index (χ1n) is 9.21. The number of aryl methyl sites for hydroxylation is 2. The Kier molecular flexibility index (Phi) is 6.04. The Morgan fingerprint density at radius 3 is 2.37 bits per heavy atom. The highest BCUT2D eigenvalue weighted by atomic mass is 19.1. The van der Waals surface area contributed by atoms with E-state index < -0.39 is 6.10 Å². The lowest BCUT2D eigenvalue weighted by Gasteiger charge is -2.21. The summed E-state index contributed by atoms with van der Waals surface area (Å²) in [6.45, 7) is 5.30. The minimum Gasteiger partial charge on any atom is -0.387 e. The molecule has 2 nitrogen and oxygen atoms in total. The summed E-state index contributed by atoms with van der Waals surface area (Å²) in [4.78, 5) is 2.00. The second-order valence-electron chi connectivity index (χ2n) is 7.25. The van der Waals surface area contributed by atoms with Crippen molar-refractivity contribution < 1.29 is 9.50 Å². The Bertz CT molecular complexity index is 905. The van der Waals surface area contributed by atoms with E-state index in [-0.39, 0.29) is 5.82 Å². The highest BCUT2D eigenvalue weighted by molar-refractivity contribution is 5.68. The number of hydrogen-bond donors (Lipinski definition) is 1. The molecule has 3 rings (SSSR count). The number of nitrogens with zero attached hydrogens (tertiary/aromatic N) is 1. The van der Waals surface area contributed by atoms with Gasteiger partial charge in [0.1, 0.15) is 5.82 Å². The molecule has 3 aromatic rings. The summed E-state index contributed by atoms with van der Waals surface area (Å²) in [5, 5.41) is 10.3. The van der Waals surface area contributed by atoms with Gasteiger partial charge in [-0.1, -0.05) is 66.2 Å². The Morgan fingerprint density at radius 1 is 0.963 bits per heavy atom. The molecule has 27 heavy (non-hydrogen) atoms. The monoisotopic (exact) mass is 363 g/mol. The molecule has 3 heteroatoms. The van der Waals surface area contributed by atoms with Gasteiger partial charge in [-0.05, 0) is 49.2 Å². The van der Waals surface area contributed by atoms with Crippen molar-refractivity contribution in [3.05, 3.63) is 94.8 Å². The van der Waals surface area contributed by atoms with Crippen LogP contribution in [0.2, 0.25) is 0 Å². The van der Waals surface area contributed by atoms with Crippen molar-refractivity contribution in [2.24, 2.45) is 0 Å². The van der Waals surface area contributed by atoms with E-state index in [0.717, 1.165) is 5.56 Å². The van der Waals surface area contributed by atoms with Crippen LogP contribution in [0.1, 0.15) is 28.4 Å². The molecule has 0 fully saturated rings. The van der Waals surface area contributed by atoms with Gasteiger partial charge in [0.2, 0.25) is 0 Å². The predicted octanol–water partition coefficient (Wildman–Crippen LogP) is 5.27. The van der Waals surface area contributed by atoms with Crippen molar-refractivity contribution in [1.82, 2.24) is 4.90 Å². The summed E-state index contributed by atoms with van der Waals surface area (Å²) in [7, 11) is 1.93. The standard InChI is InChI=1S/C24H26FNO/c1-17-8-9-18(2)22(14-17)20-12-10-19(11-13-20)15-26(3)16-24(27)21-6-4-5-7-23(21)25/h4-14,24,27H,15-16H2,1-3H3. The van der Waals surface area contributed by atoms with E-state index in [9.17, 15) is 9.50 Å². The zero-order chi connectivity index (χ0) is 19.4. The zero-order valence-electron chi connectivity index (χ0n) is 16.1. The molecule has 0 aliphatic carbocycles. The van der Waals surface area contributed by atoms with Crippen LogP contribution in [0.3, 0.4) is 0 Å². The minimum absolute atomic E-state index is 0.342. The highest BCUT2D eigenvalue weighted by Gasteiger charge is 2.14. The van der Waals surface area contributed by atoms with Crippen LogP contribution < -0.4 is 0 Å². The van der Waals surface area contributed by atoms with Crippen molar-refractivity contribution in [3.8, 4) is 11.1 Å². The second kappa shape index (κ2) is 8.47. The number of aliphatic hydroxyl groups is 1. The van der Waals surface area contributed by atoms with Gasteiger partial charge in [0.15, 0.2) is 0 Å². The largest absolute Gasteiger partial charge is 0.387 e. The fraction of sp³-hybridized carbons (Fsp3) is 0.250. The predicted molar refractivity (Wildman–Crippen MR) is 109 cm³/mol. The molecule has 0 heterocycles. The van der Waals surface area contributed by atoms with Gasteiger partial charge in [0.05, 0.1) is 6.10 Å². The lowest BCUT2D eigenvalue weighted by Crippen LogP contribution is -2.24. The van der Waals surface area contributed by atoms with Crippen LogP contribution in [0.4, 0.5) is 4.39 Å². The normalized spacial score (nSPS) is 12.4. The average Bonchev–Trinajstić information content (AvgIpc) is 2.64. The molecule has 1 atom stereocenters. The SMILES string of the molecule is Cc1ccc(C)c(-c2ccc(CN(C)CC(O)c3ccccc3F)cc2)c1. The smallest absolute Gasteiger partial charge is 0.129 e. The Balaban J connectivity index is 1.66. The van der Waals surface area contributed by atoms with E-state index in [1.54, 1.807) is 18.2 Å². The fourth-order valence-electron chi connectivity index (χ4n) is 3.35. The molecule has 0 aliphatic rings. The van der Waals surface area contributed by atoms with Crippen molar-refractivity contribution >= 4 is 0 Å². The number of likely N-dealkylation sites (N-methyl/N-ethyl adjacent to an activating group) is 1. The van der Waals surface area contributed by atoms with Crippen LogP contribution in [0.5, 0.6) is 0 Å². The molecule has 1 unspecified atom stereocenters. The Morgan fingerprint density at radius 2 is 1.67 bits per heavy atom. The molecule has 0 amide bonds. The summed E-state index contributed by atoms with van der Waals surface area (Å²) >= 11 is 0. The summed E-state index contributed by atoms with van der Waals surface area (Å²) in [5.41, 5.74) is 6.47. The van der Waals surface area contributed by atoms with E-state index in [4.69, 9.17) is 0 Å². The molecule has 1 N–H and O–H groups in total.